The minimum Gasteiger partial charge on any atom is -0.491 e. The van der Waals surface area contributed by atoms with Gasteiger partial charge >= 0.3 is 0 Å². The Labute approximate surface area is 304 Å². The molecular weight excluding hydrogens is 669 g/mol. The number of rotatable bonds is 10. The molecule has 0 spiro atoms. The first-order chi connectivity index (χ1) is 25.2. The van der Waals surface area contributed by atoms with Gasteiger partial charge in [-0.15, -0.1) is 22.7 Å². The van der Waals surface area contributed by atoms with Crippen molar-refractivity contribution >= 4 is 44.2 Å². The number of aliphatic hydroxyl groups is 2. The van der Waals surface area contributed by atoms with E-state index in [2.05, 4.69) is 120 Å². The van der Waals surface area contributed by atoms with Gasteiger partial charge in [-0.1, -0.05) is 84.9 Å². The van der Waals surface area contributed by atoms with Crippen LogP contribution in [0.4, 0.5) is 0 Å². The number of ether oxygens (including phenoxy) is 2. The highest BCUT2D eigenvalue weighted by molar-refractivity contribution is 7.14. The highest BCUT2D eigenvalue weighted by atomic mass is 32.1. The number of benzene rings is 6. The molecule has 0 saturated carbocycles. The van der Waals surface area contributed by atoms with Crippen LogP contribution in [0.15, 0.2) is 144 Å². The monoisotopic (exact) mass is 702 g/mol. The Kier molecular flexibility index (Phi) is 8.17. The van der Waals surface area contributed by atoms with Gasteiger partial charge in [0.15, 0.2) is 0 Å². The lowest BCUT2D eigenvalue weighted by Crippen LogP contribution is -2.28. The van der Waals surface area contributed by atoms with Crippen LogP contribution >= 0.6 is 22.7 Å². The van der Waals surface area contributed by atoms with Gasteiger partial charge in [-0.05, 0) is 125 Å². The number of aliphatic hydroxyl groups excluding tert-OH is 2. The number of hydrogen-bond acceptors (Lipinski definition) is 6. The second-order valence-electron chi connectivity index (χ2n) is 12.8. The van der Waals surface area contributed by atoms with Crippen LogP contribution in [-0.2, 0) is 5.41 Å². The molecule has 9 rings (SSSR count). The highest BCUT2D eigenvalue weighted by Crippen LogP contribution is 2.61. The molecule has 2 N–H and O–H groups in total. The molecule has 0 atom stereocenters. The van der Waals surface area contributed by atoms with E-state index in [-0.39, 0.29) is 26.4 Å². The topological polar surface area (TPSA) is 58.9 Å². The van der Waals surface area contributed by atoms with Crippen molar-refractivity contribution in [2.45, 2.75) is 5.41 Å². The average molecular weight is 703 g/mol. The molecule has 1 aliphatic carbocycles. The normalized spacial score (nSPS) is 13.0. The fourth-order valence-electron chi connectivity index (χ4n) is 7.90. The summed E-state index contributed by atoms with van der Waals surface area (Å²) in [6.45, 7) is 0.469. The first-order valence-corrected chi connectivity index (χ1v) is 18.9. The first-order valence-electron chi connectivity index (χ1n) is 17.1. The van der Waals surface area contributed by atoms with Crippen molar-refractivity contribution < 1.29 is 19.7 Å². The predicted molar refractivity (Wildman–Crippen MR) is 211 cm³/mol. The van der Waals surface area contributed by atoms with E-state index in [0.29, 0.717) is 0 Å². The Balaban J connectivity index is 1.37. The molecule has 0 aliphatic heterocycles. The average Bonchev–Trinajstić information content (AvgIpc) is 3.97. The molecule has 0 unspecified atom stereocenters. The summed E-state index contributed by atoms with van der Waals surface area (Å²) in [6, 6.07) is 48.3. The van der Waals surface area contributed by atoms with Crippen molar-refractivity contribution in [1.29, 1.82) is 0 Å². The standard InChI is InChI=1S/C45H34O4S2/c46-19-21-48-35-17-13-29-25-33(15-11-31(29)27-35)45(34-16-12-32-28-36(49-22-20-47)18-14-30(32)26-34)39-7-1-5-37(41-9-3-23-50-41)43(39)44-38(6-2-8-40(44)45)42-10-4-24-51-42/h1-18,23-28,46-47H,19-22H2. The van der Waals surface area contributed by atoms with Gasteiger partial charge in [0.25, 0.3) is 0 Å². The molecule has 8 aromatic rings. The zero-order valence-corrected chi connectivity index (χ0v) is 29.3. The van der Waals surface area contributed by atoms with E-state index >= 15 is 0 Å². The number of fused-ring (bicyclic) bond motifs is 5. The van der Waals surface area contributed by atoms with Gasteiger partial charge < -0.3 is 19.7 Å². The molecule has 0 fully saturated rings. The molecule has 6 aromatic carbocycles. The fourth-order valence-corrected chi connectivity index (χ4v) is 9.41. The zero-order valence-electron chi connectivity index (χ0n) is 27.7. The van der Waals surface area contributed by atoms with Crippen LogP contribution in [-0.4, -0.2) is 36.6 Å². The maximum absolute atomic E-state index is 9.33. The second kappa shape index (κ2) is 13.1. The van der Waals surface area contributed by atoms with Crippen molar-refractivity contribution in [2.75, 3.05) is 26.4 Å². The minimum atomic E-state index is -0.633. The third-order valence-electron chi connectivity index (χ3n) is 9.97. The summed E-state index contributed by atoms with van der Waals surface area (Å²) in [7, 11) is 0. The number of hydrogen-bond donors (Lipinski definition) is 2. The van der Waals surface area contributed by atoms with Crippen LogP contribution in [0.25, 0.3) is 53.6 Å². The van der Waals surface area contributed by atoms with Gasteiger partial charge in [0, 0.05) is 9.75 Å². The van der Waals surface area contributed by atoms with Crippen molar-refractivity contribution in [1.82, 2.24) is 0 Å². The van der Waals surface area contributed by atoms with Gasteiger partial charge in [0.05, 0.1) is 18.6 Å². The SMILES string of the molecule is OCCOc1ccc2cc(C3(c4ccc5cc(OCCO)ccc5c4)c4cccc(-c5cccs5)c4-c4c(-c5cccs5)cccc43)ccc2c1. The van der Waals surface area contributed by atoms with Gasteiger partial charge in [0.1, 0.15) is 24.7 Å². The summed E-state index contributed by atoms with van der Waals surface area (Å²) in [5.41, 5.74) is 9.31. The molecule has 4 nitrogen and oxygen atoms in total. The molecule has 0 radical (unpaired) electrons. The van der Waals surface area contributed by atoms with E-state index in [4.69, 9.17) is 9.47 Å². The van der Waals surface area contributed by atoms with Crippen molar-refractivity contribution in [3.63, 3.8) is 0 Å². The van der Waals surface area contributed by atoms with Crippen LogP contribution in [0, 0.1) is 0 Å². The Morgan fingerprint density at radius 2 is 0.922 bits per heavy atom. The smallest absolute Gasteiger partial charge is 0.120 e. The second-order valence-corrected chi connectivity index (χ2v) is 14.6. The molecule has 51 heavy (non-hydrogen) atoms. The fraction of sp³-hybridized carbons (Fsp3) is 0.111. The summed E-state index contributed by atoms with van der Waals surface area (Å²) < 4.78 is 11.5. The summed E-state index contributed by atoms with van der Waals surface area (Å²) in [4.78, 5) is 2.50. The molecular formula is C45H34O4S2. The maximum Gasteiger partial charge on any atom is 0.120 e. The molecule has 2 aromatic heterocycles. The van der Waals surface area contributed by atoms with E-state index in [0.717, 1.165) is 33.0 Å². The zero-order chi connectivity index (χ0) is 34.4. The summed E-state index contributed by atoms with van der Waals surface area (Å²) in [5.74, 6) is 1.49. The van der Waals surface area contributed by atoms with Crippen LogP contribution < -0.4 is 9.47 Å². The lowest BCUT2D eigenvalue weighted by Gasteiger charge is -2.34. The van der Waals surface area contributed by atoms with Crippen molar-refractivity contribution in [3.8, 4) is 43.5 Å². The quantitative estimate of drug-likeness (QED) is 0.149. The van der Waals surface area contributed by atoms with Gasteiger partial charge in [0.2, 0.25) is 0 Å². The minimum absolute atomic E-state index is 0.0258. The Morgan fingerprint density at radius 1 is 0.471 bits per heavy atom. The van der Waals surface area contributed by atoms with E-state index in [1.807, 2.05) is 24.3 Å². The molecule has 0 bridgehead atoms. The lowest BCUT2D eigenvalue weighted by molar-refractivity contribution is 0.201. The summed E-state index contributed by atoms with van der Waals surface area (Å²) in [5, 5.41) is 27.4. The molecule has 6 heteroatoms. The van der Waals surface area contributed by atoms with Crippen LogP contribution in [0.2, 0.25) is 0 Å². The third-order valence-corrected chi connectivity index (χ3v) is 11.8. The van der Waals surface area contributed by atoms with E-state index < -0.39 is 5.41 Å². The van der Waals surface area contributed by atoms with Crippen LogP contribution in [0.5, 0.6) is 11.5 Å². The van der Waals surface area contributed by atoms with Gasteiger partial charge in [-0.3, -0.25) is 0 Å². The van der Waals surface area contributed by atoms with E-state index in [1.165, 1.54) is 54.3 Å². The van der Waals surface area contributed by atoms with Crippen LogP contribution in [0.3, 0.4) is 0 Å². The van der Waals surface area contributed by atoms with E-state index in [9.17, 15) is 10.2 Å². The van der Waals surface area contributed by atoms with Gasteiger partial charge in [-0.25, -0.2) is 0 Å². The first kappa shape index (κ1) is 31.7. The Bertz CT molecular complexity index is 2340. The summed E-state index contributed by atoms with van der Waals surface area (Å²) in [6.07, 6.45) is 0. The predicted octanol–water partition coefficient (Wildman–Crippen LogP) is 10.6. The van der Waals surface area contributed by atoms with Crippen molar-refractivity contribution in [2.24, 2.45) is 0 Å². The molecule has 250 valence electrons. The summed E-state index contributed by atoms with van der Waals surface area (Å²) >= 11 is 3.55. The molecule has 1 aliphatic rings. The molecule has 2 heterocycles. The molecule has 0 amide bonds. The lowest BCUT2D eigenvalue weighted by atomic mass is 9.67. The van der Waals surface area contributed by atoms with Gasteiger partial charge in [-0.2, -0.15) is 0 Å². The van der Waals surface area contributed by atoms with E-state index in [1.54, 1.807) is 22.7 Å². The Morgan fingerprint density at radius 3 is 1.35 bits per heavy atom. The molecule has 0 saturated heterocycles. The number of thiophene rings is 2. The highest BCUT2D eigenvalue weighted by Gasteiger charge is 2.48. The third kappa shape index (κ3) is 5.26. The van der Waals surface area contributed by atoms with Crippen LogP contribution in [0.1, 0.15) is 22.3 Å². The van der Waals surface area contributed by atoms with Crippen molar-refractivity contribution in [3.05, 3.63) is 166 Å². The Hall–Kier alpha value is -5.24. The maximum atomic E-state index is 9.33. The largest absolute Gasteiger partial charge is 0.491 e.